The second kappa shape index (κ2) is 10.7. The molecule has 1 saturated heterocycles. The highest BCUT2D eigenvalue weighted by Gasteiger charge is 2.23. The zero-order chi connectivity index (χ0) is 14.3. The zero-order valence-electron chi connectivity index (χ0n) is 13.7. The van der Waals surface area contributed by atoms with Crippen LogP contribution in [0, 0.1) is 11.8 Å². The summed E-state index contributed by atoms with van der Waals surface area (Å²) in [4.78, 5) is 6.80. The maximum Gasteiger partial charge on any atom is 0.193 e. The fourth-order valence-corrected chi connectivity index (χ4v) is 2.76. The molecule has 0 aromatic rings. The van der Waals surface area contributed by atoms with E-state index < -0.39 is 0 Å². The lowest BCUT2D eigenvalue weighted by molar-refractivity contribution is 0.0775. The molecular formula is C15H32IN3O. The summed E-state index contributed by atoms with van der Waals surface area (Å²) >= 11 is 0. The van der Waals surface area contributed by atoms with E-state index >= 15 is 0 Å². The quantitative estimate of drug-likeness (QED) is 0.336. The predicted octanol–water partition coefficient (Wildman–Crippen LogP) is 2.97. The van der Waals surface area contributed by atoms with Gasteiger partial charge in [-0.05, 0) is 38.5 Å². The van der Waals surface area contributed by atoms with Crippen molar-refractivity contribution in [3.05, 3.63) is 0 Å². The summed E-state index contributed by atoms with van der Waals surface area (Å²) in [5.74, 6) is 2.56. The van der Waals surface area contributed by atoms with Crippen LogP contribution in [0.15, 0.2) is 4.99 Å². The fourth-order valence-electron chi connectivity index (χ4n) is 2.76. The Morgan fingerprint density at radius 2 is 1.90 bits per heavy atom. The number of nitrogens with one attached hydrogen (secondary N) is 1. The summed E-state index contributed by atoms with van der Waals surface area (Å²) in [6.45, 7) is 12.8. The van der Waals surface area contributed by atoms with Crippen LogP contribution >= 0.6 is 24.0 Å². The van der Waals surface area contributed by atoms with Gasteiger partial charge in [-0.2, -0.15) is 0 Å². The Balaban J connectivity index is 0.00000361. The number of ether oxygens (including phenoxy) is 1. The Morgan fingerprint density at radius 1 is 1.30 bits per heavy atom. The van der Waals surface area contributed by atoms with E-state index in [2.05, 4.69) is 42.9 Å². The van der Waals surface area contributed by atoms with Crippen molar-refractivity contribution in [1.82, 2.24) is 10.2 Å². The molecule has 1 heterocycles. The molecule has 1 fully saturated rings. The largest absolute Gasteiger partial charge is 0.379 e. The number of likely N-dealkylation sites (tertiary alicyclic amines) is 1. The minimum absolute atomic E-state index is 0. The molecule has 0 spiro atoms. The number of rotatable bonds is 5. The number of hydrogen-bond acceptors (Lipinski definition) is 2. The lowest BCUT2D eigenvalue weighted by Gasteiger charge is -2.37. The Bertz CT molecular complexity index is 274. The second-order valence-corrected chi connectivity index (χ2v) is 6.10. The Hall–Kier alpha value is -0.0400. The predicted molar refractivity (Wildman–Crippen MR) is 97.0 cm³/mol. The van der Waals surface area contributed by atoms with E-state index in [-0.39, 0.29) is 24.0 Å². The average molecular weight is 397 g/mol. The summed E-state index contributed by atoms with van der Waals surface area (Å²) in [6, 6.07) is 0. The maximum atomic E-state index is 5.54. The van der Waals surface area contributed by atoms with Crippen LogP contribution in [0.4, 0.5) is 0 Å². The summed E-state index contributed by atoms with van der Waals surface area (Å²) in [6.07, 6.45) is 2.68. The van der Waals surface area contributed by atoms with E-state index in [1.165, 1.54) is 6.42 Å². The van der Waals surface area contributed by atoms with Gasteiger partial charge in [0, 0.05) is 33.3 Å². The molecule has 0 aliphatic carbocycles. The molecule has 0 amide bonds. The van der Waals surface area contributed by atoms with Crippen molar-refractivity contribution in [3.8, 4) is 0 Å². The van der Waals surface area contributed by atoms with E-state index in [0.717, 1.165) is 50.5 Å². The number of hydrogen-bond donors (Lipinski definition) is 1. The van der Waals surface area contributed by atoms with Crippen molar-refractivity contribution in [2.75, 3.05) is 33.3 Å². The van der Waals surface area contributed by atoms with E-state index in [1.54, 1.807) is 0 Å². The number of halogens is 1. The molecule has 0 bridgehead atoms. The molecule has 1 aliphatic rings. The van der Waals surface area contributed by atoms with Gasteiger partial charge in [-0.15, -0.1) is 24.0 Å². The zero-order valence-corrected chi connectivity index (χ0v) is 16.0. The molecular weight excluding hydrogens is 365 g/mol. The number of guanidine groups is 1. The third kappa shape index (κ3) is 7.67. The molecule has 0 aromatic carbocycles. The normalized spacial score (nSPS) is 23.7. The van der Waals surface area contributed by atoms with Gasteiger partial charge < -0.3 is 15.0 Å². The lowest BCUT2D eigenvalue weighted by atomic mass is 9.92. The standard InChI is InChI=1S/C15H31N3O.HI/c1-12(2)19-8-6-7-17-15(16-5)18-10-13(3)9-14(4)11-18;/h12-14H,6-11H2,1-5H3,(H,16,17);1H. The molecule has 2 unspecified atom stereocenters. The first-order valence-electron chi connectivity index (χ1n) is 7.60. The Kier molecular flexibility index (Phi) is 10.6. The fraction of sp³-hybridized carbons (Fsp3) is 0.933. The molecule has 1 N–H and O–H groups in total. The van der Waals surface area contributed by atoms with E-state index in [4.69, 9.17) is 4.74 Å². The van der Waals surface area contributed by atoms with Gasteiger partial charge in [0.15, 0.2) is 5.96 Å². The van der Waals surface area contributed by atoms with Gasteiger partial charge in [-0.1, -0.05) is 13.8 Å². The van der Waals surface area contributed by atoms with Crippen LogP contribution in [0.25, 0.3) is 0 Å². The van der Waals surface area contributed by atoms with Crippen LogP contribution in [-0.4, -0.2) is 50.3 Å². The molecule has 20 heavy (non-hydrogen) atoms. The number of nitrogens with zero attached hydrogens (tertiary/aromatic N) is 2. The van der Waals surface area contributed by atoms with Gasteiger partial charge >= 0.3 is 0 Å². The first kappa shape index (κ1) is 20.0. The third-order valence-corrected chi connectivity index (χ3v) is 3.44. The van der Waals surface area contributed by atoms with Crippen LogP contribution in [0.1, 0.15) is 40.5 Å². The molecule has 120 valence electrons. The van der Waals surface area contributed by atoms with Crippen molar-refractivity contribution < 1.29 is 4.74 Å². The first-order valence-corrected chi connectivity index (χ1v) is 7.60. The molecule has 2 atom stereocenters. The lowest BCUT2D eigenvalue weighted by Crippen LogP contribution is -2.48. The second-order valence-electron chi connectivity index (χ2n) is 6.10. The average Bonchev–Trinajstić information content (AvgIpc) is 2.32. The van der Waals surface area contributed by atoms with Gasteiger partial charge in [-0.25, -0.2) is 0 Å². The summed E-state index contributed by atoms with van der Waals surface area (Å²) in [7, 11) is 1.87. The third-order valence-electron chi connectivity index (χ3n) is 3.44. The van der Waals surface area contributed by atoms with Crippen molar-refractivity contribution >= 4 is 29.9 Å². The molecule has 5 heteroatoms. The Labute approximate surface area is 141 Å². The molecule has 0 saturated carbocycles. The highest BCUT2D eigenvalue weighted by atomic mass is 127. The van der Waals surface area contributed by atoms with Gasteiger partial charge in [0.1, 0.15) is 0 Å². The van der Waals surface area contributed by atoms with Crippen LogP contribution < -0.4 is 5.32 Å². The molecule has 0 aromatic heterocycles. The van der Waals surface area contributed by atoms with Crippen molar-refractivity contribution in [2.24, 2.45) is 16.8 Å². The summed E-state index contributed by atoms with van der Waals surface area (Å²) in [5.41, 5.74) is 0. The van der Waals surface area contributed by atoms with E-state index in [1.807, 2.05) is 7.05 Å². The number of aliphatic imine (C=N–C) groups is 1. The van der Waals surface area contributed by atoms with Crippen molar-refractivity contribution in [2.45, 2.75) is 46.6 Å². The van der Waals surface area contributed by atoms with Crippen molar-refractivity contribution in [3.63, 3.8) is 0 Å². The number of piperidine rings is 1. The smallest absolute Gasteiger partial charge is 0.193 e. The van der Waals surface area contributed by atoms with E-state index in [0.29, 0.717) is 6.10 Å². The van der Waals surface area contributed by atoms with Gasteiger partial charge in [0.25, 0.3) is 0 Å². The van der Waals surface area contributed by atoms with Gasteiger partial charge in [0.05, 0.1) is 6.10 Å². The summed E-state index contributed by atoms with van der Waals surface area (Å²) < 4.78 is 5.54. The highest BCUT2D eigenvalue weighted by Crippen LogP contribution is 2.20. The monoisotopic (exact) mass is 397 g/mol. The maximum absolute atomic E-state index is 5.54. The highest BCUT2D eigenvalue weighted by molar-refractivity contribution is 14.0. The van der Waals surface area contributed by atoms with Crippen LogP contribution in [0.3, 0.4) is 0 Å². The molecule has 4 nitrogen and oxygen atoms in total. The van der Waals surface area contributed by atoms with Gasteiger partial charge in [0.2, 0.25) is 0 Å². The topological polar surface area (TPSA) is 36.9 Å². The first-order chi connectivity index (χ1) is 9.02. The van der Waals surface area contributed by atoms with Crippen LogP contribution in [-0.2, 0) is 4.74 Å². The summed E-state index contributed by atoms with van der Waals surface area (Å²) in [5, 5.41) is 3.45. The minimum atomic E-state index is 0. The molecule has 1 aliphatic heterocycles. The Morgan fingerprint density at radius 3 is 2.40 bits per heavy atom. The van der Waals surface area contributed by atoms with Crippen LogP contribution in [0.5, 0.6) is 0 Å². The van der Waals surface area contributed by atoms with Crippen molar-refractivity contribution in [1.29, 1.82) is 0 Å². The minimum Gasteiger partial charge on any atom is -0.379 e. The SMILES string of the molecule is CN=C(NCCCOC(C)C)N1CC(C)CC(C)C1.I. The molecule has 0 radical (unpaired) electrons. The van der Waals surface area contributed by atoms with E-state index in [9.17, 15) is 0 Å². The van der Waals surface area contributed by atoms with Gasteiger partial charge in [-0.3, -0.25) is 4.99 Å². The molecule has 1 rings (SSSR count). The van der Waals surface area contributed by atoms with Crippen LogP contribution in [0.2, 0.25) is 0 Å².